The zero-order valence-electron chi connectivity index (χ0n) is 8.82. The zero-order valence-corrected chi connectivity index (χ0v) is 8.82. The van der Waals surface area contributed by atoms with Gasteiger partial charge in [-0.2, -0.15) is 0 Å². The van der Waals surface area contributed by atoms with Crippen LogP contribution in [0.4, 0.5) is 0 Å². The highest BCUT2D eigenvalue weighted by Gasteiger charge is 2.34. The first-order valence-corrected chi connectivity index (χ1v) is 5.46. The minimum Gasteiger partial charge on any atom is -0.0654 e. The van der Waals surface area contributed by atoms with Crippen LogP contribution in [0.25, 0.3) is 0 Å². The second kappa shape index (κ2) is 4.30. The average Bonchev–Trinajstić information content (AvgIpc) is 2.06. The van der Waals surface area contributed by atoms with Crippen LogP contribution < -0.4 is 0 Å². The van der Waals surface area contributed by atoms with Crippen LogP contribution in [0.15, 0.2) is 0 Å². The molecule has 0 heteroatoms. The van der Waals surface area contributed by atoms with E-state index in [0.717, 1.165) is 5.92 Å². The molecule has 1 aliphatic rings. The summed E-state index contributed by atoms with van der Waals surface area (Å²) >= 11 is 0. The predicted octanol–water partition coefficient (Wildman–Crippen LogP) is 4.08. The van der Waals surface area contributed by atoms with Crippen LogP contribution >= 0.6 is 0 Å². The van der Waals surface area contributed by atoms with Crippen LogP contribution in [0.5, 0.6) is 0 Å². The van der Waals surface area contributed by atoms with Crippen LogP contribution in [-0.4, -0.2) is 0 Å². The van der Waals surface area contributed by atoms with E-state index in [1.807, 2.05) is 0 Å². The van der Waals surface area contributed by atoms with Gasteiger partial charge in [0.15, 0.2) is 0 Å². The SMILES string of the molecule is CCCC1(C(C)C)[C]CCCC1. The summed E-state index contributed by atoms with van der Waals surface area (Å²) in [5.74, 6) is 0.790. The maximum atomic E-state index is 3.73. The molecule has 0 amide bonds. The monoisotopic (exact) mass is 166 g/mol. The van der Waals surface area contributed by atoms with E-state index < -0.39 is 0 Å². The van der Waals surface area contributed by atoms with Gasteiger partial charge in [0.25, 0.3) is 0 Å². The smallest absolute Gasteiger partial charge is 0.0103 e. The van der Waals surface area contributed by atoms with Gasteiger partial charge in [-0.1, -0.05) is 40.0 Å². The van der Waals surface area contributed by atoms with Crippen LogP contribution in [0.2, 0.25) is 0 Å². The molecule has 1 unspecified atom stereocenters. The van der Waals surface area contributed by atoms with Gasteiger partial charge in [-0.25, -0.2) is 0 Å². The molecule has 0 aromatic heterocycles. The fraction of sp³-hybridized carbons (Fsp3) is 0.917. The Morgan fingerprint density at radius 1 is 1.33 bits per heavy atom. The molecule has 12 heavy (non-hydrogen) atoms. The van der Waals surface area contributed by atoms with E-state index in [0.29, 0.717) is 5.41 Å². The first-order valence-electron chi connectivity index (χ1n) is 5.46. The van der Waals surface area contributed by atoms with Crippen molar-refractivity contribution in [2.45, 2.75) is 59.3 Å². The molecular weight excluding hydrogens is 144 g/mol. The predicted molar refractivity (Wildman–Crippen MR) is 53.9 cm³/mol. The summed E-state index contributed by atoms with van der Waals surface area (Å²) in [7, 11) is 0. The highest BCUT2D eigenvalue weighted by Crippen LogP contribution is 2.45. The van der Waals surface area contributed by atoms with E-state index in [4.69, 9.17) is 0 Å². The summed E-state index contributed by atoms with van der Waals surface area (Å²) in [6.45, 7) is 7.00. The molecule has 1 saturated carbocycles. The summed E-state index contributed by atoms with van der Waals surface area (Å²) in [4.78, 5) is 0. The van der Waals surface area contributed by atoms with E-state index in [2.05, 4.69) is 27.2 Å². The Morgan fingerprint density at radius 3 is 2.50 bits per heavy atom. The van der Waals surface area contributed by atoms with E-state index in [1.165, 1.54) is 38.5 Å². The van der Waals surface area contributed by atoms with Gasteiger partial charge in [-0.3, -0.25) is 0 Å². The molecule has 0 nitrogen and oxygen atoms in total. The van der Waals surface area contributed by atoms with Gasteiger partial charge in [-0.05, 0) is 37.0 Å². The van der Waals surface area contributed by atoms with Gasteiger partial charge < -0.3 is 0 Å². The lowest BCUT2D eigenvalue weighted by atomic mass is 9.65. The third kappa shape index (κ3) is 2.02. The molecule has 1 rings (SSSR count). The molecule has 1 atom stereocenters. The van der Waals surface area contributed by atoms with Crippen molar-refractivity contribution in [3.05, 3.63) is 6.42 Å². The molecule has 0 heterocycles. The summed E-state index contributed by atoms with van der Waals surface area (Å²) < 4.78 is 0. The molecule has 1 aliphatic carbocycles. The van der Waals surface area contributed by atoms with Crippen molar-refractivity contribution in [1.29, 1.82) is 0 Å². The normalized spacial score (nSPS) is 23.0. The molecule has 0 aromatic rings. The molecule has 0 aliphatic heterocycles. The Bertz CT molecular complexity index is 112. The third-order valence-electron chi connectivity index (χ3n) is 3.33. The van der Waals surface area contributed by atoms with E-state index in [-0.39, 0.29) is 0 Å². The number of rotatable bonds is 3. The second-order valence-electron chi connectivity index (χ2n) is 4.44. The molecule has 70 valence electrons. The Morgan fingerprint density at radius 2 is 2.08 bits per heavy atom. The van der Waals surface area contributed by atoms with Crippen molar-refractivity contribution in [2.75, 3.05) is 0 Å². The van der Waals surface area contributed by atoms with Gasteiger partial charge in [0.1, 0.15) is 0 Å². The van der Waals surface area contributed by atoms with E-state index in [9.17, 15) is 0 Å². The van der Waals surface area contributed by atoms with Gasteiger partial charge in [0, 0.05) is 0 Å². The minimum atomic E-state index is 0.479. The summed E-state index contributed by atoms with van der Waals surface area (Å²) in [5.41, 5.74) is 0.479. The molecule has 1 fully saturated rings. The standard InChI is InChI=1S/C12H22/c1-4-8-12(11(2)3)9-6-5-7-10-12/h11H,4-9H2,1-3H3. The Balaban J connectivity index is 2.56. The van der Waals surface area contributed by atoms with Crippen molar-refractivity contribution in [1.82, 2.24) is 0 Å². The quantitative estimate of drug-likeness (QED) is 0.592. The molecule has 0 aromatic carbocycles. The second-order valence-corrected chi connectivity index (χ2v) is 4.44. The highest BCUT2D eigenvalue weighted by atomic mass is 14.4. The third-order valence-corrected chi connectivity index (χ3v) is 3.33. The first kappa shape index (κ1) is 10.1. The van der Waals surface area contributed by atoms with Crippen LogP contribution in [0, 0.1) is 17.8 Å². The Kier molecular flexibility index (Phi) is 3.61. The van der Waals surface area contributed by atoms with Crippen LogP contribution in [-0.2, 0) is 0 Å². The summed E-state index contributed by atoms with van der Waals surface area (Å²) in [6, 6.07) is 0. The molecule has 2 radical (unpaired) electrons. The number of hydrogen-bond acceptors (Lipinski definition) is 0. The van der Waals surface area contributed by atoms with Crippen molar-refractivity contribution in [3.63, 3.8) is 0 Å². The largest absolute Gasteiger partial charge is 0.0654 e. The highest BCUT2D eigenvalue weighted by molar-refractivity contribution is 4.96. The first-order chi connectivity index (χ1) is 5.71. The van der Waals surface area contributed by atoms with Crippen molar-refractivity contribution >= 4 is 0 Å². The molecular formula is C12H22. The van der Waals surface area contributed by atoms with E-state index in [1.54, 1.807) is 0 Å². The van der Waals surface area contributed by atoms with Crippen molar-refractivity contribution < 1.29 is 0 Å². The average molecular weight is 166 g/mol. The fourth-order valence-electron chi connectivity index (χ4n) is 2.43. The maximum absolute atomic E-state index is 3.73. The molecule has 0 bridgehead atoms. The van der Waals surface area contributed by atoms with Crippen LogP contribution in [0.3, 0.4) is 0 Å². The fourth-order valence-corrected chi connectivity index (χ4v) is 2.43. The molecule has 0 spiro atoms. The topological polar surface area (TPSA) is 0 Å². The molecule has 0 N–H and O–H groups in total. The van der Waals surface area contributed by atoms with E-state index >= 15 is 0 Å². The van der Waals surface area contributed by atoms with Gasteiger partial charge in [0.05, 0.1) is 0 Å². The van der Waals surface area contributed by atoms with Gasteiger partial charge >= 0.3 is 0 Å². The lowest BCUT2D eigenvalue weighted by Crippen LogP contribution is -2.30. The minimum absolute atomic E-state index is 0.479. The van der Waals surface area contributed by atoms with Crippen LogP contribution in [0.1, 0.15) is 59.3 Å². The summed E-state index contributed by atoms with van der Waals surface area (Å²) in [6.07, 6.45) is 11.8. The maximum Gasteiger partial charge on any atom is -0.0103 e. The zero-order chi connectivity index (χ0) is 9.03. The Labute approximate surface area is 77.7 Å². The molecule has 0 saturated heterocycles. The van der Waals surface area contributed by atoms with Crippen molar-refractivity contribution in [3.8, 4) is 0 Å². The summed E-state index contributed by atoms with van der Waals surface area (Å²) in [5, 5.41) is 0. The van der Waals surface area contributed by atoms with Crippen molar-refractivity contribution in [2.24, 2.45) is 11.3 Å². The lowest BCUT2D eigenvalue weighted by molar-refractivity contribution is 0.165. The number of hydrogen-bond donors (Lipinski definition) is 0. The van der Waals surface area contributed by atoms with Gasteiger partial charge in [-0.15, -0.1) is 0 Å². The Hall–Kier alpha value is 0. The lowest BCUT2D eigenvalue weighted by Gasteiger charge is -2.40. The van der Waals surface area contributed by atoms with Gasteiger partial charge in [0.2, 0.25) is 0 Å².